The van der Waals surface area contributed by atoms with E-state index in [0.29, 0.717) is 19.4 Å². The van der Waals surface area contributed by atoms with Crippen LogP contribution in [0.2, 0.25) is 0 Å². The molecule has 19 heavy (non-hydrogen) atoms. The molecule has 6 heteroatoms. The first-order valence-corrected chi connectivity index (χ1v) is 5.87. The van der Waals surface area contributed by atoms with E-state index < -0.39 is 5.82 Å². The lowest BCUT2D eigenvalue weighted by atomic mass is 10.1. The fraction of sp³-hybridized carbons (Fsp3) is 0.462. The third-order valence-electron chi connectivity index (χ3n) is 2.46. The molecule has 1 unspecified atom stereocenters. The second-order valence-electron chi connectivity index (χ2n) is 4.25. The molecule has 1 amide bonds. The molecule has 0 fully saturated rings. The Labute approximate surface area is 118 Å². The molecule has 0 aliphatic carbocycles. The standard InChI is InChI=1S/C13H19FN2O2.ClH/c1-9(15)7-13(17)16-6-5-10-3-4-12(18-2)11(14)8-10;/h3-4,8-9H,5-7,15H2,1-2H3,(H,16,17);1H. The molecule has 108 valence electrons. The lowest BCUT2D eigenvalue weighted by Crippen LogP contribution is -2.31. The summed E-state index contributed by atoms with van der Waals surface area (Å²) in [6, 6.07) is 4.62. The van der Waals surface area contributed by atoms with E-state index in [2.05, 4.69) is 5.32 Å². The van der Waals surface area contributed by atoms with E-state index in [1.807, 2.05) is 0 Å². The molecular formula is C13H20ClFN2O2. The van der Waals surface area contributed by atoms with E-state index in [4.69, 9.17) is 10.5 Å². The highest BCUT2D eigenvalue weighted by atomic mass is 35.5. The van der Waals surface area contributed by atoms with Crippen molar-refractivity contribution in [3.63, 3.8) is 0 Å². The summed E-state index contributed by atoms with van der Waals surface area (Å²) in [7, 11) is 1.42. The monoisotopic (exact) mass is 290 g/mol. The Bertz CT molecular complexity index is 414. The quantitative estimate of drug-likeness (QED) is 0.837. The number of methoxy groups -OCH3 is 1. The number of amides is 1. The van der Waals surface area contributed by atoms with Crippen LogP contribution in [0.4, 0.5) is 4.39 Å². The average Bonchev–Trinajstić information content (AvgIpc) is 2.28. The van der Waals surface area contributed by atoms with E-state index in [0.717, 1.165) is 5.56 Å². The number of benzene rings is 1. The molecule has 0 radical (unpaired) electrons. The summed E-state index contributed by atoms with van der Waals surface area (Å²) in [5.41, 5.74) is 6.32. The van der Waals surface area contributed by atoms with Crippen LogP contribution in [-0.4, -0.2) is 25.6 Å². The zero-order valence-corrected chi connectivity index (χ0v) is 11.9. The molecule has 0 aliphatic rings. The van der Waals surface area contributed by atoms with Gasteiger partial charge in [0.25, 0.3) is 0 Å². The topological polar surface area (TPSA) is 64.3 Å². The van der Waals surface area contributed by atoms with Crippen LogP contribution in [0.3, 0.4) is 0 Å². The minimum absolute atomic E-state index is 0. The Kier molecular flexibility index (Phi) is 8.11. The minimum Gasteiger partial charge on any atom is -0.494 e. The summed E-state index contributed by atoms with van der Waals surface area (Å²) in [5.74, 6) is -0.254. The van der Waals surface area contributed by atoms with E-state index in [1.165, 1.54) is 13.2 Å². The number of nitrogens with one attached hydrogen (secondary N) is 1. The van der Waals surface area contributed by atoms with E-state index in [-0.39, 0.29) is 30.1 Å². The van der Waals surface area contributed by atoms with Crippen molar-refractivity contribution in [3.8, 4) is 5.75 Å². The Balaban J connectivity index is 0.00000324. The van der Waals surface area contributed by atoms with E-state index in [1.54, 1.807) is 19.1 Å². The molecule has 0 aromatic heterocycles. The molecule has 0 bridgehead atoms. The van der Waals surface area contributed by atoms with Crippen LogP contribution in [0.1, 0.15) is 18.9 Å². The lowest BCUT2D eigenvalue weighted by Gasteiger charge is -2.08. The second kappa shape index (κ2) is 8.72. The van der Waals surface area contributed by atoms with Crippen LogP contribution in [0.25, 0.3) is 0 Å². The fourth-order valence-corrected chi connectivity index (χ4v) is 1.58. The van der Waals surface area contributed by atoms with Crippen LogP contribution in [0, 0.1) is 5.82 Å². The van der Waals surface area contributed by atoms with Gasteiger partial charge in [-0.3, -0.25) is 4.79 Å². The molecule has 1 aromatic rings. The minimum atomic E-state index is -0.392. The summed E-state index contributed by atoms with van der Waals surface area (Å²) in [6.07, 6.45) is 0.878. The number of hydrogen-bond donors (Lipinski definition) is 2. The Hall–Kier alpha value is -1.33. The first kappa shape index (κ1) is 17.7. The summed E-state index contributed by atoms with van der Waals surface area (Å²) < 4.78 is 18.2. The zero-order chi connectivity index (χ0) is 13.5. The summed E-state index contributed by atoms with van der Waals surface area (Å²) in [5, 5.41) is 2.74. The van der Waals surface area contributed by atoms with Crippen LogP contribution in [-0.2, 0) is 11.2 Å². The molecule has 0 spiro atoms. The lowest BCUT2D eigenvalue weighted by molar-refractivity contribution is -0.121. The molecule has 0 heterocycles. The van der Waals surface area contributed by atoms with Gasteiger partial charge in [0.15, 0.2) is 11.6 Å². The van der Waals surface area contributed by atoms with Crippen LogP contribution in [0.5, 0.6) is 5.75 Å². The van der Waals surface area contributed by atoms with Gasteiger partial charge in [-0.15, -0.1) is 12.4 Å². The van der Waals surface area contributed by atoms with Gasteiger partial charge in [0.2, 0.25) is 5.91 Å². The molecule has 1 rings (SSSR count). The molecule has 1 atom stereocenters. The van der Waals surface area contributed by atoms with Gasteiger partial charge >= 0.3 is 0 Å². The Morgan fingerprint density at radius 1 is 1.53 bits per heavy atom. The summed E-state index contributed by atoms with van der Waals surface area (Å²) in [4.78, 5) is 11.3. The van der Waals surface area contributed by atoms with Gasteiger partial charge in [0.05, 0.1) is 7.11 Å². The average molecular weight is 291 g/mol. The van der Waals surface area contributed by atoms with Crippen molar-refractivity contribution in [1.29, 1.82) is 0 Å². The largest absolute Gasteiger partial charge is 0.494 e. The van der Waals surface area contributed by atoms with Gasteiger partial charge in [0.1, 0.15) is 0 Å². The van der Waals surface area contributed by atoms with Gasteiger partial charge in [0, 0.05) is 19.0 Å². The van der Waals surface area contributed by atoms with Crippen molar-refractivity contribution in [2.24, 2.45) is 5.73 Å². The van der Waals surface area contributed by atoms with Crippen LogP contribution >= 0.6 is 12.4 Å². The SMILES string of the molecule is COc1ccc(CCNC(=O)CC(C)N)cc1F.Cl. The molecule has 0 saturated heterocycles. The number of carbonyl (C=O) groups is 1. The van der Waals surface area contributed by atoms with E-state index >= 15 is 0 Å². The highest BCUT2D eigenvalue weighted by Gasteiger charge is 2.06. The first-order chi connectivity index (χ1) is 8.52. The van der Waals surface area contributed by atoms with Crippen molar-refractivity contribution < 1.29 is 13.9 Å². The van der Waals surface area contributed by atoms with Gasteiger partial charge in [-0.1, -0.05) is 6.07 Å². The number of halogens is 2. The Morgan fingerprint density at radius 2 is 2.21 bits per heavy atom. The fourth-order valence-electron chi connectivity index (χ4n) is 1.58. The molecule has 4 nitrogen and oxygen atoms in total. The smallest absolute Gasteiger partial charge is 0.221 e. The highest BCUT2D eigenvalue weighted by molar-refractivity contribution is 5.85. The van der Waals surface area contributed by atoms with Crippen molar-refractivity contribution >= 4 is 18.3 Å². The first-order valence-electron chi connectivity index (χ1n) is 5.87. The number of ether oxygens (including phenoxy) is 1. The van der Waals surface area contributed by atoms with Gasteiger partial charge < -0.3 is 15.8 Å². The highest BCUT2D eigenvalue weighted by Crippen LogP contribution is 2.17. The summed E-state index contributed by atoms with van der Waals surface area (Å²) >= 11 is 0. The van der Waals surface area contributed by atoms with E-state index in [9.17, 15) is 9.18 Å². The third kappa shape index (κ3) is 6.40. The van der Waals surface area contributed by atoms with Gasteiger partial charge in [-0.2, -0.15) is 0 Å². The predicted octanol–water partition coefficient (Wildman–Crippen LogP) is 1.65. The maximum absolute atomic E-state index is 13.4. The van der Waals surface area contributed by atoms with Crippen molar-refractivity contribution in [2.75, 3.05) is 13.7 Å². The number of hydrogen-bond acceptors (Lipinski definition) is 3. The third-order valence-corrected chi connectivity index (χ3v) is 2.46. The van der Waals surface area contributed by atoms with Gasteiger partial charge in [-0.05, 0) is 31.0 Å². The molecule has 3 N–H and O–H groups in total. The second-order valence-corrected chi connectivity index (χ2v) is 4.25. The number of rotatable bonds is 6. The Morgan fingerprint density at radius 3 is 2.74 bits per heavy atom. The normalized spacial score (nSPS) is 11.4. The molecule has 1 aromatic carbocycles. The van der Waals surface area contributed by atoms with Crippen molar-refractivity contribution in [3.05, 3.63) is 29.6 Å². The molecule has 0 aliphatic heterocycles. The summed E-state index contributed by atoms with van der Waals surface area (Å²) in [6.45, 7) is 2.25. The van der Waals surface area contributed by atoms with Crippen LogP contribution < -0.4 is 15.8 Å². The van der Waals surface area contributed by atoms with Crippen molar-refractivity contribution in [2.45, 2.75) is 25.8 Å². The van der Waals surface area contributed by atoms with Crippen molar-refractivity contribution in [1.82, 2.24) is 5.32 Å². The molecule has 0 saturated carbocycles. The zero-order valence-electron chi connectivity index (χ0n) is 11.1. The molecular weight excluding hydrogens is 271 g/mol. The predicted molar refractivity (Wildman–Crippen MR) is 75.2 cm³/mol. The number of nitrogens with two attached hydrogens (primary N) is 1. The maximum atomic E-state index is 13.4. The van der Waals surface area contributed by atoms with Gasteiger partial charge in [-0.25, -0.2) is 4.39 Å². The van der Waals surface area contributed by atoms with Crippen LogP contribution in [0.15, 0.2) is 18.2 Å². The maximum Gasteiger partial charge on any atom is 0.221 e. The number of carbonyl (C=O) groups excluding carboxylic acids is 1.